The number of benzene rings is 1. The maximum atomic E-state index is 12.3. The van der Waals surface area contributed by atoms with Crippen molar-refractivity contribution in [2.24, 2.45) is 11.7 Å². The van der Waals surface area contributed by atoms with Crippen LogP contribution in [0.5, 0.6) is 5.75 Å². The quantitative estimate of drug-likeness (QED) is 0.906. The van der Waals surface area contributed by atoms with Gasteiger partial charge in [-0.3, -0.25) is 0 Å². The highest BCUT2D eigenvalue weighted by atomic mass is 35.5. The van der Waals surface area contributed by atoms with Crippen LogP contribution in [0.4, 0.5) is 8.78 Å². The number of alkyl halides is 2. The van der Waals surface area contributed by atoms with Crippen LogP contribution >= 0.6 is 12.4 Å². The molecule has 0 heterocycles. The third-order valence-electron chi connectivity index (χ3n) is 3.40. The van der Waals surface area contributed by atoms with Crippen LogP contribution in [-0.2, 0) is 0 Å². The fraction of sp³-hybridized carbons (Fsp3) is 0.538. The zero-order valence-corrected chi connectivity index (χ0v) is 10.8. The molecule has 2 nitrogen and oxygen atoms in total. The van der Waals surface area contributed by atoms with E-state index in [1.165, 1.54) is 12.8 Å². The second-order valence-corrected chi connectivity index (χ2v) is 4.49. The molecule has 1 aromatic carbocycles. The molecule has 0 aromatic heterocycles. The summed E-state index contributed by atoms with van der Waals surface area (Å²) in [4.78, 5) is 0. The van der Waals surface area contributed by atoms with Crippen molar-refractivity contribution in [2.75, 3.05) is 0 Å². The van der Waals surface area contributed by atoms with Crippen LogP contribution in [0.3, 0.4) is 0 Å². The Kier molecular flexibility index (Phi) is 5.82. The van der Waals surface area contributed by atoms with E-state index in [-0.39, 0.29) is 24.2 Å². The number of hydrogen-bond acceptors (Lipinski definition) is 2. The lowest BCUT2D eigenvalue weighted by Crippen LogP contribution is -2.20. The highest BCUT2D eigenvalue weighted by Gasteiger charge is 2.25. The van der Waals surface area contributed by atoms with Crippen LogP contribution in [0.2, 0.25) is 0 Å². The van der Waals surface area contributed by atoms with Crippen molar-refractivity contribution in [3.8, 4) is 5.75 Å². The summed E-state index contributed by atoms with van der Waals surface area (Å²) in [5.41, 5.74) is 6.85. The van der Waals surface area contributed by atoms with E-state index in [0.29, 0.717) is 11.5 Å². The van der Waals surface area contributed by atoms with Gasteiger partial charge in [-0.2, -0.15) is 8.78 Å². The topological polar surface area (TPSA) is 35.2 Å². The first kappa shape index (κ1) is 15.2. The highest BCUT2D eigenvalue weighted by Crippen LogP contribution is 2.37. The molecule has 1 atom stereocenters. The maximum Gasteiger partial charge on any atom is 0.387 e. The molecule has 0 amide bonds. The number of rotatable bonds is 4. The molecular formula is C13H18ClF2NO. The lowest BCUT2D eigenvalue weighted by molar-refractivity contribution is -0.0507. The van der Waals surface area contributed by atoms with Gasteiger partial charge in [-0.25, -0.2) is 0 Å². The third-order valence-corrected chi connectivity index (χ3v) is 3.40. The average molecular weight is 278 g/mol. The Hall–Kier alpha value is -0.870. The molecule has 0 spiro atoms. The molecule has 0 saturated heterocycles. The van der Waals surface area contributed by atoms with Gasteiger partial charge < -0.3 is 10.5 Å². The molecule has 0 bridgehead atoms. The standard InChI is InChI=1S/C13H17F2NO.ClH/c14-13(15)17-11-8-4-3-7-10(11)12(16)9-5-1-2-6-9;/h3-4,7-9,12-13H,1-2,5-6,16H2;1H/t12-;/m0./s1. The predicted octanol–water partition coefficient (Wildman–Crippen LogP) is 3.90. The van der Waals surface area contributed by atoms with E-state index in [4.69, 9.17) is 5.73 Å². The first-order chi connectivity index (χ1) is 8.18. The Morgan fingerprint density at radius 3 is 2.39 bits per heavy atom. The smallest absolute Gasteiger partial charge is 0.387 e. The first-order valence-electron chi connectivity index (χ1n) is 5.98. The zero-order valence-electron chi connectivity index (χ0n) is 10.0. The van der Waals surface area contributed by atoms with Crippen molar-refractivity contribution in [3.63, 3.8) is 0 Å². The second kappa shape index (κ2) is 6.90. The molecule has 1 fully saturated rings. The van der Waals surface area contributed by atoms with Gasteiger partial charge in [-0.15, -0.1) is 12.4 Å². The molecule has 1 aliphatic rings. The molecule has 0 unspecified atom stereocenters. The monoisotopic (exact) mass is 277 g/mol. The summed E-state index contributed by atoms with van der Waals surface area (Å²) in [6, 6.07) is 6.62. The molecule has 18 heavy (non-hydrogen) atoms. The Morgan fingerprint density at radius 1 is 1.17 bits per heavy atom. The minimum absolute atomic E-state index is 0. The SMILES string of the molecule is Cl.N[C@H](c1ccccc1OC(F)F)C1CCCC1. The molecular weight excluding hydrogens is 260 g/mol. The molecule has 1 saturated carbocycles. The van der Waals surface area contributed by atoms with Crippen molar-refractivity contribution in [1.82, 2.24) is 0 Å². The van der Waals surface area contributed by atoms with Crippen LogP contribution in [-0.4, -0.2) is 6.61 Å². The van der Waals surface area contributed by atoms with Gasteiger partial charge in [0.15, 0.2) is 0 Å². The van der Waals surface area contributed by atoms with E-state index in [9.17, 15) is 8.78 Å². The number of para-hydroxylation sites is 1. The van der Waals surface area contributed by atoms with Crippen LogP contribution in [0, 0.1) is 5.92 Å². The van der Waals surface area contributed by atoms with Gasteiger partial charge >= 0.3 is 6.61 Å². The van der Waals surface area contributed by atoms with E-state index in [1.807, 2.05) is 6.07 Å². The van der Waals surface area contributed by atoms with Crippen molar-refractivity contribution >= 4 is 12.4 Å². The Bertz CT molecular complexity index is 370. The van der Waals surface area contributed by atoms with Crippen molar-refractivity contribution in [1.29, 1.82) is 0 Å². The number of ether oxygens (including phenoxy) is 1. The molecule has 1 aromatic rings. The summed E-state index contributed by atoms with van der Waals surface area (Å²) in [6.45, 7) is -2.80. The Labute approximate surface area is 112 Å². The zero-order chi connectivity index (χ0) is 12.3. The summed E-state index contributed by atoms with van der Waals surface area (Å²) >= 11 is 0. The molecule has 0 aliphatic heterocycles. The van der Waals surface area contributed by atoms with E-state index >= 15 is 0 Å². The van der Waals surface area contributed by atoms with Gasteiger partial charge in [0.25, 0.3) is 0 Å². The lowest BCUT2D eigenvalue weighted by Gasteiger charge is -2.21. The van der Waals surface area contributed by atoms with Crippen LogP contribution in [0.15, 0.2) is 24.3 Å². The van der Waals surface area contributed by atoms with Gasteiger partial charge in [0, 0.05) is 11.6 Å². The Morgan fingerprint density at radius 2 is 1.78 bits per heavy atom. The number of halogens is 3. The fourth-order valence-electron chi connectivity index (χ4n) is 2.53. The summed E-state index contributed by atoms with van der Waals surface area (Å²) in [6.07, 6.45) is 4.50. The minimum atomic E-state index is -2.80. The van der Waals surface area contributed by atoms with E-state index in [1.54, 1.807) is 18.2 Å². The predicted molar refractivity (Wildman–Crippen MR) is 69.2 cm³/mol. The molecule has 2 rings (SSSR count). The van der Waals surface area contributed by atoms with Gasteiger partial charge in [-0.1, -0.05) is 31.0 Å². The molecule has 5 heteroatoms. The summed E-state index contributed by atoms with van der Waals surface area (Å²) in [5, 5.41) is 0. The van der Waals surface area contributed by atoms with Gasteiger partial charge in [0.2, 0.25) is 0 Å². The minimum Gasteiger partial charge on any atom is -0.434 e. The van der Waals surface area contributed by atoms with Crippen molar-refractivity contribution in [2.45, 2.75) is 38.3 Å². The molecule has 102 valence electrons. The number of nitrogens with two attached hydrogens (primary N) is 1. The summed E-state index contributed by atoms with van der Waals surface area (Å²) in [7, 11) is 0. The maximum absolute atomic E-state index is 12.3. The molecule has 2 N–H and O–H groups in total. The second-order valence-electron chi connectivity index (χ2n) is 4.49. The van der Waals surface area contributed by atoms with Gasteiger partial charge in [-0.05, 0) is 24.8 Å². The summed E-state index contributed by atoms with van der Waals surface area (Å²) < 4.78 is 29.1. The fourth-order valence-corrected chi connectivity index (χ4v) is 2.53. The van der Waals surface area contributed by atoms with Gasteiger partial charge in [0.1, 0.15) is 5.75 Å². The lowest BCUT2D eigenvalue weighted by atomic mass is 9.92. The first-order valence-corrected chi connectivity index (χ1v) is 5.98. The average Bonchev–Trinajstić information content (AvgIpc) is 2.81. The Balaban J connectivity index is 0.00000162. The van der Waals surface area contributed by atoms with E-state index in [2.05, 4.69) is 4.74 Å². The summed E-state index contributed by atoms with van der Waals surface area (Å²) in [5.74, 6) is 0.597. The highest BCUT2D eigenvalue weighted by molar-refractivity contribution is 5.85. The normalized spacial score (nSPS) is 17.6. The molecule has 1 aliphatic carbocycles. The van der Waals surface area contributed by atoms with E-state index < -0.39 is 6.61 Å². The van der Waals surface area contributed by atoms with Crippen LogP contribution < -0.4 is 10.5 Å². The number of hydrogen-bond donors (Lipinski definition) is 1. The van der Waals surface area contributed by atoms with Crippen LogP contribution in [0.25, 0.3) is 0 Å². The largest absolute Gasteiger partial charge is 0.434 e. The van der Waals surface area contributed by atoms with Crippen molar-refractivity contribution < 1.29 is 13.5 Å². The van der Waals surface area contributed by atoms with E-state index in [0.717, 1.165) is 12.8 Å². The van der Waals surface area contributed by atoms with Gasteiger partial charge in [0.05, 0.1) is 0 Å². The van der Waals surface area contributed by atoms with Crippen LogP contribution in [0.1, 0.15) is 37.3 Å². The third kappa shape index (κ3) is 3.56. The molecule has 0 radical (unpaired) electrons. The van der Waals surface area contributed by atoms with Crippen molar-refractivity contribution in [3.05, 3.63) is 29.8 Å².